The topological polar surface area (TPSA) is 88.0 Å². The molecule has 3 N–H and O–H groups in total. The van der Waals surface area contributed by atoms with E-state index in [-0.39, 0.29) is 13.2 Å². The molecule has 1 unspecified atom stereocenters. The Morgan fingerprint density at radius 1 is 1.52 bits per heavy atom. The number of hydrogen-bond acceptors (Lipinski definition) is 5. The molecule has 1 aliphatic heterocycles. The van der Waals surface area contributed by atoms with Crippen LogP contribution in [0.3, 0.4) is 0 Å². The first-order valence-electron chi connectivity index (χ1n) is 7.78. The molecule has 0 spiro atoms. The molecule has 1 amide bonds. The highest BCUT2D eigenvalue weighted by atomic mass is 35.6. The van der Waals surface area contributed by atoms with Gasteiger partial charge in [-0.3, -0.25) is 4.79 Å². The molecule has 9 heteroatoms. The number of halogens is 3. The van der Waals surface area contributed by atoms with Crippen molar-refractivity contribution in [2.24, 2.45) is 5.92 Å². The second-order valence-corrected chi connectivity index (χ2v) is 8.98. The van der Waals surface area contributed by atoms with Crippen molar-refractivity contribution < 1.29 is 24.5 Å². The standard InChI is InChI=1S/C16H22Cl3NO5/c1-4-15(20-13(23)16(17,18)19)10(5-9(7-21)6-12(15)22)11-8-24-14(2,3)25-11/h4,6,10-12,21-22H,1,5,7-8H2,2-3H3,(H,20,23)/t10?,11-,12+,15-/m1/s1. The molecule has 1 fully saturated rings. The van der Waals surface area contributed by atoms with E-state index >= 15 is 0 Å². The van der Waals surface area contributed by atoms with Crippen LogP contribution in [0.25, 0.3) is 0 Å². The number of aliphatic hydroxyl groups is 2. The van der Waals surface area contributed by atoms with Gasteiger partial charge < -0.3 is 25.0 Å². The zero-order chi connectivity index (χ0) is 19.0. The minimum absolute atomic E-state index is 0.226. The van der Waals surface area contributed by atoms with Crippen molar-refractivity contribution >= 4 is 40.7 Å². The maximum atomic E-state index is 12.3. The minimum Gasteiger partial charge on any atom is -0.392 e. The number of aliphatic hydroxyl groups excluding tert-OH is 2. The molecule has 1 heterocycles. The van der Waals surface area contributed by atoms with E-state index < -0.39 is 39.2 Å². The van der Waals surface area contributed by atoms with Crippen molar-refractivity contribution in [1.29, 1.82) is 0 Å². The van der Waals surface area contributed by atoms with Crippen molar-refractivity contribution in [2.75, 3.05) is 13.2 Å². The quantitative estimate of drug-likeness (QED) is 0.483. The van der Waals surface area contributed by atoms with Crippen molar-refractivity contribution in [3.63, 3.8) is 0 Å². The summed E-state index contributed by atoms with van der Waals surface area (Å²) in [6, 6.07) is 0. The molecule has 25 heavy (non-hydrogen) atoms. The smallest absolute Gasteiger partial charge is 0.272 e. The summed E-state index contributed by atoms with van der Waals surface area (Å²) in [5.41, 5.74) is -0.722. The predicted molar refractivity (Wildman–Crippen MR) is 95.5 cm³/mol. The summed E-state index contributed by atoms with van der Waals surface area (Å²) in [4.78, 5) is 12.3. The van der Waals surface area contributed by atoms with E-state index in [1.165, 1.54) is 12.2 Å². The van der Waals surface area contributed by atoms with Gasteiger partial charge in [0.2, 0.25) is 0 Å². The molecule has 0 radical (unpaired) electrons. The molecule has 1 aliphatic carbocycles. The molecule has 0 aromatic carbocycles. The summed E-state index contributed by atoms with van der Waals surface area (Å²) in [5, 5.41) is 22.8. The fourth-order valence-corrected chi connectivity index (χ4v) is 3.47. The Hall–Kier alpha value is -0.340. The fourth-order valence-electron chi connectivity index (χ4n) is 3.33. The average Bonchev–Trinajstić information content (AvgIpc) is 2.87. The van der Waals surface area contributed by atoms with Gasteiger partial charge in [-0.2, -0.15) is 0 Å². The van der Waals surface area contributed by atoms with E-state index in [2.05, 4.69) is 11.9 Å². The molecule has 1 saturated heterocycles. The zero-order valence-corrected chi connectivity index (χ0v) is 16.2. The second-order valence-electron chi connectivity index (χ2n) is 6.69. The van der Waals surface area contributed by atoms with Crippen LogP contribution in [0.5, 0.6) is 0 Å². The van der Waals surface area contributed by atoms with Crippen LogP contribution in [0.1, 0.15) is 20.3 Å². The van der Waals surface area contributed by atoms with Gasteiger partial charge in [0.15, 0.2) is 5.79 Å². The fraction of sp³-hybridized carbons (Fsp3) is 0.688. The molecule has 0 aromatic heterocycles. The van der Waals surface area contributed by atoms with E-state index in [1.807, 2.05) is 0 Å². The first kappa shape index (κ1) is 21.0. The Kier molecular flexibility index (Phi) is 6.16. The lowest BCUT2D eigenvalue weighted by molar-refractivity contribution is -0.151. The lowest BCUT2D eigenvalue weighted by Crippen LogP contribution is -2.65. The third-order valence-electron chi connectivity index (χ3n) is 4.59. The van der Waals surface area contributed by atoms with Crippen LogP contribution in [-0.4, -0.2) is 56.7 Å². The number of carbonyl (C=O) groups excluding carboxylic acids is 1. The Bertz CT molecular complexity index is 575. The Balaban J connectivity index is 2.42. The maximum Gasteiger partial charge on any atom is 0.272 e. The van der Waals surface area contributed by atoms with Crippen LogP contribution in [0.2, 0.25) is 0 Å². The van der Waals surface area contributed by atoms with Gasteiger partial charge in [-0.1, -0.05) is 47.0 Å². The molecule has 0 bridgehead atoms. The summed E-state index contributed by atoms with van der Waals surface area (Å²) in [6.45, 7) is 7.32. The lowest BCUT2D eigenvalue weighted by Gasteiger charge is -2.47. The lowest BCUT2D eigenvalue weighted by atomic mass is 9.69. The van der Waals surface area contributed by atoms with Gasteiger partial charge in [-0.05, 0) is 25.8 Å². The van der Waals surface area contributed by atoms with Crippen molar-refractivity contribution in [3.05, 3.63) is 24.3 Å². The van der Waals surface area contributed by atoms with Crippen molar-refractivity contribution in [2.45, 2.75) is 47.6 Å². The summed E-state index contributed by atoms with van der Waals surface area (Å²) in [6.07, 6.45) is 1.58. The highest BCUT2D eigenvalue weighted by Crippen LogP contribution is 2.42. The van der Waals surface area contributed by atoms with Gasteiger partial charge in [0, 0.05) is 5.92 Å². The summed E-state index contributed by atoms with van der Waals surface area (Å²) in [7, 11) is 0. The molecule has 6 nitrogen and oxygen atoms in total. The zero-order valence-electron chi connectivity index (χ0n) is 14.0. The van der Waals surface area contributed by atoms with Gasteiger partial charge >= 0.3 is 0 Å². The highest BCUT2D eigenvalue weighted by molar-refractivity contribution is 6.76. The predicted octanol–water partition coefficient (Wildman–Crippen LogP) is 1.85. The molecular formula is C16H22Cl3NO5. The van der Waals surface area contributed by atoms with Crippen LogP contribution in [0.4, 0.5) is 0 Å². The summed E-state index contributed by atoms with van der Waals surface area (Å²) in [5.74, 6) is -2.17. The molecule has 4 atom stereocenters. The van der Waals surface area contributed by atoms with Gasteiger partial charge in [0.1, 0.15) is 0 Å². The average molecular weight is 415 g/mol. The van der Waals surface area contributed by atoms with Crippen LogP contribution >= 0.6 is 34.8 Å². The van der Waals surface area contributed by atoms with Crippen LogP contribution in [0.15, 0.2) is 24.3 Å². The number of hydrogen-bond donors (Lipinski definition) is 3. The molecule has 0 saturated carbocycles. The number of nitrogens with one attached hydrogen (secondary N) is 1. The molecular weight excluding hydrogens is 393 g/mol. The molecule has 0 aromatic rings. The van der Waals surface area contributed by atoms with E-state index in [0.29, 0.717) is 12.0 Å². The number of amides is 1. The SMILES string of the molecule is C=C[C@@]1(NC(=O)C(Cl)(Cl)Cl)C([C@H]2COC(C)(C)O2)CC(CO)=C[C@@H]1O. The third kappa shape index (κ3) is 4.33. The van der Waals surface area contributed by atoms with Gasteiger partial charge in [0.05, 0.1) is 31.0 Å². The van der Waals surface area contributed by atoms with Gasteiger partial charge in [-0.25, -0.2) is 0 Å². The number of carbonyl (C=O) groups is 1. The normalized spacial score (nSPS) is 35.2. The number of ether oxygens (including phenoxy) is 2. The number of alkyl halides is 3. The first-order valence-corrected chi connectivity index (χ1v) is 8.92. The Morgan fingerprint density at radius 2 is 2.16 bits per heavy atom. The van der Waals surface area contributed by atoms with E-state index in [1.54, 1.807) is 13.8 Å². The van der Waals surface area contributed by atoms with E-state index in [4.69, 9.17) is 44.3 Å². The van der Waals surface area contributed by atoms with Crippen molar-refractivity contribution in [3.8, 4) is 0 Å². The number of rotatable bonds is 4. The van der Waals surface area contributed by atoms with Crippen molar-refractivity contribution in [1.82, 2.24) is 5.32 Å². The molecule has 142 valence electrons. The largest absolute Gasteiger partial charge is 0.392 e. The Morgan fingerprint density at radius 3 is 2.60 bits per heavy atom. The maximum absolute atomic E-state index is 12.3. The second kappa shape index (κ2) is 7.35. The van der Waals surface area contributed by atoms with Crippen LogP contribution < -0.4 is 5.32 Å². The molecule has 2 aliphatic rings. The molecule has 2 rings (SSSR count). The van der Waals surface area contributed by atoms with E-state index in [9.17, 15) is 15.0 Å². The summed E-state index contributed by atoms with van der Waals surface area (Å²) < 4.78 is 9.32. The van der Waals surface area contributed by atoms with Crippen LogP contribution in [-0.2, 0) is 14.3 Å². The van der Waals surface area contributed by atoms with Gasteiger partial charge in [0.25, 0.3) is 9.70 Å². The van der Waals surface area contributed by atoms with Crippen LogP contribution in [0, 0.1) is 5.92 Å². The minimum atomic E-state index is -2.20. The van der Waals surface area contributed by atoms with Gasteiger partial charge in [-0.15, -0.1) is 6.58 Å². The monoisotopic (exact) mass is 413 g/mol. The first-order chi connectivity index (χ1) is 11.4. The third-order valence-corrected chi connectivity index (χ3v) is 5.10. The summed E-state index contributed by atoms with van der Waals surface area (Å²) >= 11 is 17.0. The highest BCUT2D eigenvalue weighted by Gasteiger charge is 2.53. The Labute approximate surface area is 161 Å². The van der Waals surface area contributed by atoms with E-state index in [0.717, 1.165) is 0 Å².